The van der Waals surface area contributed by atoms with Crippen molar-refractivity contribution in [1.82, 2.24) is 14.8 Å². The average molecular weight is 411 g/mol. The Hall–Kier alpha value is -2.84. The quantitative estimate of drug-likeness (QED) is 0.336. The lowest BCUT2D eigenvalue weighted by Crippen LogP contribution is -2.37. The minimum Gasteiger partial charge on any atom is -0.378 e. The number of hydrogen-bond donors (Lipinski definition) is 1. The number of thiocarbonyl (C=S) groups is 1. The van der Waals surface area contributed by atoms with Crippen molar-refractivity contribution in [1.29, 1.82) is 0 Å². The Balaban J connectivity index is 1.84. The Labute approximate surface area is 161 Å². The third-order valence-corrected chi connectivity index (χ3v) is 4.97. The number of anilines is 2. The van der Waals surface area contributed by atoms with Crippen LogP contribution >= 0.6 is 24.0 Å². The molecule has 27 heavy (non-hydrogen) atoms. The lowest BCUT2D eigenvalue weighted by molar-refractivity contribution is -0.396. The van der Waals surface area contributed by atoms with E-state index in [1.165, 1.54) is 16.8 Å². The van der Waals surface area contributed by atoms with Crippen molar-refractivity contribution >= 4 is 51.6 Å². The SMILES string of the molecule is Nc1nc(N2CCOCC2)nn1C(=S)Sc1ccc([N+](=O)[O-])cc1[N+](=O)[O-]. The van der Waals surface area contributed by atoms with E-state index in [0.29, 0.717) is 32.3 Å². The molecule has 1 fully saturated rings. The van der Waals surface area contributed by atoms with Crippen molar-refractivity contribution in [3.63, 3.8) is 0 Å². The summed E-state index contributed by atoms with van der Waals surface area (Å²) >= 11 is 6.13. The van der Waals surface area contributed by atoms with Crippen LogP contribution in [0.4, 0.5) is 23.3 Å². The van der Waals surface area contributed by atoms with Crippen LogP contribution in [0.5, 0.6) is 0 Å². The summed E-state index contributed by atoms with van der Waals surface area (Å²) in [5.74, 6) is 0.426. The van der Waals surface area contributed by atoms with E-state index in [9.17, 15) is 20.2 Å². The van der Waals surface area contributed by atoms with Crippen LogP contribution in [0.15, 0.2) is 23.1 Å². The summed E-state index contributed by atoms with van der Waals surface area (Å²) in [7, 11) is 0. The molecule has 0 amide bonds. The molecule has 2 aromatic rings. The Morgan fingerprint density at radius 3 is 2.59 bits per heavy atom. The summed E-state index contributed by atoms with van der Waals surface area (Å²) in [6, 6.07) is 3.32. The molecule has 0 radical (unpaired) electrons. The van der Waals surface area contributed by atoms with Gasteiger partial charge in [0.2, 0.25) is 11.9 Å². The van der Waals surface area contributed by atoms with Gasteiger partial charge in [0.25, 0.3) is 11.4 Å². The molecule has 1 aliphatic rings. The Morgan fingerprint density at radius 1 is 1.26 bits per heavy atom. The molecule has 0 aliphatic carbocycles. The number of ether oxygens (including phenoxy) is 1. The lowest BCUT2D eigenvalue weighted by atomic mass is 10.3. The first-order chi connectivity index (χ1) is 12.9. The zero-order valence-corrected chi connectivity index (χ0v) is 15.3. The van der Waals surface area contributed by atoms with E-state index in [4.69, 9.17) is 22.7 Å². The second-order valence-corrected chi connectivity index (χ2v) is 6.99. The maximum Gasteiger partial charge on any atom is 0.290 e. The van der Waals surface area contributed by atoms with E-state index in [1.54, 1.807) is 0 Å². The van der Waals surface area contributed by atoms with E-state index >= 15 is 0 Å². The number of hydrogen-bond acceptors (Lipinski definition) is 11. The highest BCUT2D eigenvalue weighted by atomic mass is 32.2. The van der Waals surface area contributed by atoms with Crippen molar-refractivity contribution in [2.24, 2.45) is 0 Å². The fraction of sp³-hybridized carbons (Fsp3) is 0.308. The number of nitrogen functional groups attached to an aromatic ring is 1. The minimum atomic E-state index is -0.707. The second kappa shape index (κ2) is 7.81. The van der Waals surface area contributed by atoms with Crippen molar-refractivity contribution < 1.29 is 14.6 Å². The van der Waals surface area contributed by atoms with Crippen molar-refractivity contribution in [2.45, 2.75) is 4.90 Å². The maximum atomic E-state index is 11.2. The van der Waals surface area contributed by atoms with Gasteiger partial charge in [-0.3, -0.25) is 20.2 Å². The summed E-state index contributed by atoms with van der Waals surface area (Å²) in [4.78, 5) is 26.8. The molecule has 1 aromatic heterocycles. The number of nitro groups is 2. The summed E-state index contributed by atoms with van der Waals surface area (Å²) in [6.07, 6.45) is 0. The molecule has 2 heterocycles. The summed E-state index contributed by atoms with van der Waals surface area (Å²) in [5.41, 5.74) is 5.06. The highest BCUT2D eigenvalue weighted by Crippen LogP contribution is 2.34. The number of thioether (sulfide) groups is 1. The lowest BCUT2D eigenvalue weighted by Gasteiger charge is -2.25. The maximum absolute atomic E-state index is 11.2. The van der Waals surface area contributed by atoms with Crippen LogP contribution in [0.25, 0.3) is 0 Å². The van der Waals surface area contributed by atoms with Crippen LogP contribution in [-0.4, -0.2) is 55.2 Å². The van der Waals surface area contributed by atoms with Crippen molar-refractivity contribution in [3.8, 4) is 0 Å². The van der Waals surface area contributed by atoms with Crippen LogP contribution in [0, 0.1) is 20.2 Å². The molecule has 1 aliphatic heterocycles. The van der Waals surface area contributed by atoms with Gasteiger partial charge in [0.05, 0.1) is 34.0 Å². The molecule has 142 valence electrons. The number of benzene rings is 1. The summed E-state index contributed by atoms with van der Waals surface area (Å²) < 4.78 is 6.58. The number of nitrogens with two attached hydrogens (primary N) is 1. The monoisotopic (exact) mass is 411 g/mol. The van der Waals surface area contributed by atoms with Crippen LogP contribution in [-0.2, 0) is 4.74 Å². The molecular formula is C13H13N7O5S2. The first-order valence-corrected chi connectivity index (χ1v) is 8.79. The topological polar surface area (TPSA) is 155 Å². The fourth-order valence-electron chi connectivity index (χ4n) is 2.33. The van der Waals surface area contributed by atoms with Crippen LogP contribution < -0.4 is 10.6 Å². The third-order valence-electron chi connectivity index (χ3n) is 3.64. The molecule has 12 nitrogen and oxygen atoms in total. The third kappa shape index (κ3) is 4.12. The zero-order valence-electron chi connectivity index (χ0n) is 13.7. The number of nitrogens with zero attached hydrogens (tertiary/aromatic N) is 6. The normalized spacial score (nSPS) is 14.1. The molecule has 0 unspecified atom stereocenters. The van der Waals surface area contributed by atoms with Crippen molar-refractivity contribution in [2.75, 3.05) is 36.9 Å². The Kier molecular flexibility index (Phi) is 5.48. The molecule has 0 atom stereocenters. The molecule has 14 heteroatoms. The molecular weight excluding hydrogens is 398 g/mol. The molecule has 0 spiro atoms. The largest absolute Gasteiger partial charge is 0.378 e. The smallest absolute Gasteiger partial charge is 0.290 e. The predicted octanol–water partition coefficient (Wildman–Crippen LogP) is 1.44. The molecule has 1 aromatic carbocycles. The number of nitro benzene ring substituents is 2. The minimum absolute atomic E-state index is 0.0403. The fourth-order valence-corrected chi connectivity index (χ4v) is 3.52. The first kappa shape index (κ1) is 18.9. The van der Waals surface area contributed by atoms with Gasteiger partial charge in [0.15, 0.2) is 4.32 Å². The van der Waals surface area contributed by atoms with E-state index < -0.39 is 15.5 Å². The number of non-ortho nitro benzene ring substituents is 1. The van der Waals surface area contributed by atoms with Gasteiger partial charge in [-0.2, -0.15) is 9.67 Å². The molecule has 0 saturated carbocycles. The molecule has 1 saturated heterocycles. The first-order valence-electron chi connectivity index (χ1n) is 7.57. The van der Waals surface area contributed by atoms with Crippen LogP contribution in [0.1, 0.15) is 0 Å². The number of morpholine rings is 1. The Bertz CT molecular complexity index is 912. The van der Waals surface area contributed by atoms with Crippen LogP contribution in [0.3, 0.4) is 0 Å². The second-order valence-electron chi connectivity index (χ2n) is 5.32. The average Bonchev–Trinajstić information content (AvgIpc) is 3.04. The van der Waals surface area contributed by atoms with E-state index in [1.807, 2.05) is 4.90 Å². The molecule has 0 bridgehead atoms. The van der Waals surface area contributed by atoms with E-state index in [2.05, 4.69) is 10.1 Å². The van der Waals surface area contributed by atoms with E-state index in [-0.39, 0.29) is 20.9 Å². The van der Waals surface area contributed by atoms with Gasteiger partial charge in [-0.05, 0) is 18.3 Å². The summed E-state index contributed by atoms with van der Waals surface area (Å²) in [5, 5.41) is 26.3. The highest BCUT2D eigenvalue weighted by molar-refractivity contribution is 8.23. The van der Waals surface area contributed by atoms with Gasteiger partial charge in [-0.25, -0.2) is 0 Å². The van der Waals surface area contributed by atoms with E-state index in [0.717, 1.165) is 17.8 Å². The molecule has 2 N–H and O–H groups in total. The standard InChI is InChI=1S/C13H13N7O5S2/c14-11-15-12(17-3-5-25-6-4-17)16-18(11)13(26)27-10-2-1-8(19(21)22)7-9(10)20(23)24/h1-2,7H,3-6H2,(H2,14,15,16). The van der Waals surface area contributed by atoms with Gasteiger partial charge in [0.1, 0.15) is 0 Å². The number of aromatic nitrogens is 3. The highest BCUT2D eigenvalue weighted by Gasteiger charge is 2.24. The molecule has 3 rings (SSSR count). The van der Waals surface area contributed by atoms with Crippen molar-refractivity contribution in [3.05, 3.63) is 38.4 Å². The van der Waals surface area contributed by atoms with Gasteiger partial charge in [-0.1, -0.05) is 11.8 Å². The van der Waals surface area contributed by atoms with Crippen LogP contribution in [0.2, 0.25) is 0 Å². The van der Waals surface area contributed by atoms with Gasteiger partial charge in [-0.15, -0.1) is 5.10 Å². The van der Waals surface area contributed by atoms with Gasteiger partial charge >= 0.3 is 0 Å². The van der Waals surface area contributed by atoms with Gasteiger partial charge < -0.3 is 15.4 Å². The Morgan fingerprint density at radius 2 is 1.96 bits per heavy atom. The predicted molar refractivity (Wildman–Crippen MR) is 101 cm³/mol. The zero-order chi connectivity index (χ0) is 19.6. The number of rotatable bonds is 4. The van der Waals surface area contributed by atoms with Gasteiger partial charge in [0, 0.05) is 19.2 Å². The summed E-state index contributed by atoms with van der Waals surface area (Å²) in [6.45, 7) is 2.31.